The lowest BCUT2D eigenvalue weighted by Crippen LogP contribution is -2.02. The minimum absolute atomic E-state index is 0.0884. The normalized spacial score (nSPS) is 10.9. The lowest BCUT2D eigenvalue weighted by atomic mass is 10.0. The van der Waals surface area contributed by atoms with Gasteiger partial charge in [-0.3, -0.25) is 4.79 Å². The van der Waals surface area contributed by atoms with E-state index in [1.165, 1.54) is 0 Å². The standard InChI is InChI=1S/C16H11BrClNO/c17-13-2-1-3-14-16(13)12(9-19-14)15(20)8-10-4-6-11(18)7-5-10/h1-7,9,19H,8H2. The van der Waals surface area contributed by atoms with Gasteiger partial charge in [0.25, 0.3) is 0 Å². The molecule has 0 radical (unpaired) electrons. The first-order valence-corrected chi connectivity index (χ1v) is 7.35. The lowest BCUT2D eigenvalue weighted by Gasteiger charge is -2.02. The van der Waals surface area contributed by atoms with Crippen LogP contribution in [0.5, 0.6) is 0 Å². The molecule has 0 unspecified atom stereocenters. The van der Waals surface area contributed by atoms with Gasteiger partial charge in [-0.15, -0.1) is 0 Å². The van der Waals surface area contributed by atoms with E-state index in [9.17, 15) is 4.79 Å². The van der Waals surface area contributed by atoms with Crippen LogP contribution in [0.25, 0.3) is 10.9 Å². The highest BCUT2D eigenvalue weighted by atomic mass is 79.9. The van der Waals surface area contributed by atoms with Gasteiger partial charge in [-0.05, 0) is 29.8 Å². The predicted octanol–water partition coefficient (Wildman–Crippen LogP) is 5.01. The molecule has 3 aromatic rings. The average molecular weight is 349 g/mol. The van der Waals surface area contributed by atoms with Gasteiger partial charge in [-0.1, -0.05) is 45.7 Å². The Kier molecular flexibility index (Phi) is 3.64. The maximum Gasteiger partial charge on any atom is 0.169 e. The molecule has 0 spiro atoms. The molecule has 0 saturated heterocycles. The molecule has 0 amide bonds. The highest BCUT2D eigenvalue weighted by Gasteiger charge is 2.14. The Bertz CT molecular complexity index is 777. The summed E-state index contributed by atoms with van der Waals surface area (Å²) in [7, 11) is 0. The van der Waals surface area contributed by atoms with Gasteiger partial charge in [0.1, 0.15) is 0 Å². The fraction of sp³-hybridized carbons (Fsp3) is 0.0625. The number of Topliss-reactive ketones (excluding diaryl/α,β-unsaturated/α-hetero) is 1. The van der Waals surface area contributed by atoms with Gasteiger partial charge < -0.3 is 4.98 Å². The van der Waals surface area contributed by atoms with Crippen LogP contribution < -0.4 is 0 Å². The number of H-pyrrole nitrogens is 1. The number of aromatic amines is 1. The second-order valence-electron chi connectivity index (χ2n) is 4.59. The van der Waals surface area contributed by atoms with Crippen LogP contribution in [-0.4, -0.2) is 10.8 Å². The van der Waals surface area contributed by atoms with Crippen LogP contribution in [0.15, 0.2) is 53.1 Å². The zero-order valence-corrected chi connectivity index (χ0v) is 12.8. The molecule has 3 rings (SSSR count). The van der Waals surface area contributed by atoms with E-state index in [1.54, 1.807) is 18.3 Å². The van der Waals surface area contributed by atoms with Crippen molar-refractivity contribution < 1.29 is 4.79 Å². The molecule has 4 heteroatoms. The summed E-state index contributed by atoms with van der Waals surface area (Å²) in [4.78, 5) is 15.6. The van der Waals surface area contributed by atoms with Crippen LogP contribution in [0.4, 0.5) is 0 Å². The topological polar surface area (TPSA) is 32.9 Å². The summed E-state index contributed by atoms with van der Waals surface area (Å²) < 4.78 is 0.927. The fourth-order valence-corrected chi connectivity index (χ4v) is 2.95. The zero-order valence-electron chi connectivity index (χ0n) is 10.5. The van der Waals surface area contributed by atoms with Crippen molar-refractivity contribution in [3.05, 3.63) is 69.3 Å². The molecule has 0 fully saturated rings. The molecule has 100 valence electrons. The van der Waals surface area contributed by atoms with Crippen LogP contribution in [0.3, 0.4) is 0 Å². The van der Waals surface area contributed by atoms with Crippen LogP contribution >= 0.6 is 27.5 Å². The van der Waals surface area contributed by atoms with Crippen LogP contribution in [0, 0.1) is 0 Å². The molecule has 0 bridgehead atoms. The van der Waals surface area contributed by atoms with Crippen molar-refractivity contribution in [3.8, 4) is 0 Å². The number of hydrogen-bond acceptors (Lipinski definition) is 1. The number of carbonyl (C=O) groups is 1. The number of carbonyl (C=O) groups excluding carboxylic acids is 1. The van der Waals surface area contributed by atoms with Gasteiger partial charge in [-0.25, -0.2) is 0 Å². The summed E-state index contributed by atoms with van der Waals surface area (Å²) in [5.74, 6) is 0.0884. The summed E-state index contributed by atoms with van der Waals surface area (Å²) in [5, 5.41) is 1.61. The van der Waals surface area contributed by atoms with E-state index in [1.807, 2.05) is 30.3 Å². The Balaban J connectivity index is 1.95. The van der Waals surface area contributed by atoms with Crippen molar-refractivity contribution in [2.24, 2.45) is 0 Å². The zero-order chi connectivity index (χ0) is 14.1. The second-order valence-corrected chi connectivity index (χ2v) is 5.88. The fourth-order valence-electron chi connectivity index (χ4n) is 2.24. The summed E-state index contributed by atoms with van der Waals surface area (Å²) in [5.41, 5.74) is 2.63. The van der Waals surface area contributed by atoms with Crippen molar-refractivity contribution in [2.75, 3.05) is 0 Å². The van der Waals surface area contributed by atoms with Crippen LogP contribution in [0.2, 0.25) is 5.02 Å². The van der Waals surface area contributed by atoms with Gasteiger partial charge in [0.05, 0.1) is 0 Å². The van der Waals surface area contributed by atoms with Gasteiger partial charge in [0, 0.05) is 38.6 Å². The van der Waals surface area contributed by atoms with E-state index in [0.29, 0.717) is 17.0 Å². The molecule has 1 aromatic heterocycles. The second kappa shape index (κ2) is 5.43. The summed E-state index contributed by atoms with van der Waals surface area (Å²) >= 11 is 9.35. The highest BCUT2D eigenvalue weighted by Crippen LogP contribution is 2.27. The first-order valence-electron chi connectivity index (χ1n) is 6.18. The van der Waals surface area contributed by atoms with Crippen molar-refractivity contribution in [3.63, 3.8) is 0 Å². The van der Waals surface area contributed by atoms with E-state index in [2.05, 4.69) is 20.9 Å². The first-order chi connectivity index (χ1) is 9.65. The molecule has 2 nitrogen and oxygen atoms in total. The van der Waals surface area contributed by atoms with E-state index >= 15 is 0 Å². The molecule has 1 heterocycles. The number of hydrogen-bond donors (Lipinski definition) is 1. The minimum Gasteiger partial charge on any atom is -0.360 e. The molecule has 0 aliphatic rings. The SMILES string of the molecule is O=C(Cc1ccc(Cl)cc1)c1c[nH]c2cccc(Br)c12. The summed E-state index contributed by atoms with van der Waals surface area (Å²) in [6, 6.07) is 13.2. The molecule has 0 saturated carbocycles. The maximum absolute atomic E-state index is 12.5. The van der Waals surface area contributed by atoms with E-state index in [-0.39, 0.29) is 5.78 Å². The Morgan fingerprint density at radius 2 is 1.90 bits per heavy atom. The third-order valence-electron chi connectivity index (χ3n) is 3.23. The summed E-state index contributed by atoms with van der Waals surface area (Å²) in [6.45, 7) is 0. The average Bonchev–Trinajstić information content (AvgIpc) is 2.87. The summed E-state index contributed by atoms with van der Waals surface area (Å²) in [6.07, 6.45) is 2.14. The molecule has 1 N–H and O–H groups in total. The third kappa shape index (κ3) is 2.51. The van der Waals surface area contributed by atoms with Crippen molar-refractivity contribution in [2.45, 2.75) is 6.42 Å². The number of benzene rings is 2. The van der Waals surface area contributed by atoms with E-state index in [4.69, 9.17) is 11.6 Å². The molecule has 2 aromatic carbocycles. The number of halogens is 2. The first kappa shape index (κ1) is 13.4. The predicted molar refractivity (Wildman–Crippen MR) is 85.5 cm³/mol. The van der Waals surface area contributed by atoms with Gasteiger partial charge in [0.15, 0.2) is 5.78 Å². The van der Waals surface area contributed by atoms with Crippen molar-refractivity contribution >= 4 is 44.2 Å². The Morgan fingerprint density at radius 1 is 1.15 bits per heavy atom. The van der Waals surface area contributed by atoms with Gasteiger partial charge in [-0.2, -0.15) is 0 Å². The van der Waals surface area contributed by atoms with E-state index in [0.717, 1.165) is 20.9 Å². The number of aromatic nitrogens is 1. The number of ketones is 1. The van der Waals surface area contributed by atoms with Gasteiger partial charge >= 0.3 is 0 Å². The molecule has 0 aliphatic heterocycles. The van der Waals surface area contributed by atoms with E-state index < -0.39 is 0 Å². The Hall–Kier alpha value is -1.58. The number of rotatable bonds is 3. The minimum atomic E-state index is 0.0884. The molecule has 0 aliphatic carbocycles. The third-order valence-corrected chi connectivity index (χ3v) is 4.15. The highest BCUT2D eigenvalue weighted by molar-refractivity contribution is 9.10. The van der Waals surface area contributed by atoms with Crippen LogP contribution in [0.1, 0.15) is 15.9 Å². The van der Waals surface area contributed by atoms with Crippen molar-refractivity contribution in [1.29, 1.82) is 0 Å². The molecular weight excluding hydrogens is 338 g/mol. The largest absolute Gasteiger partial charge is 0.360 e. The quantitative estimate of drug-likeness (QED) is 0.663. The number of fused-ring (bicyclic) bond motifs is 1. The number of nitrogens with one attached hydrogen (secondary N) is 1. The van der Waals surface area contributed by atoms with Gasteiger partial charge in [0.2, 0.25) is 0 Å². The lowest BCUT2D eigenvalue weighted by molar-refractivity contribution is 0.0994. The Morgan fingerprint density at radius 3 is 2.65 bits per heavy atom. The van der Waals surface area contributed by atoms with Crippen molar-refractivity contribution in [1.82, 2.24) is 4.98 Å². The monoisotopic (exact) mass is 347 g/mol. The van der Waals surface area contributed by atoms with Crippen LogP contribution in [-0.2, 0) is 6.42 Å². The smallest absolute Gasteiger partial charge is 0.169 e. The molecule has 20 heavy (non-hydrogen) atoms. The molecular formula is C16H11BrClNO. The maximum atomic E-state index is 12.5. The Labute approximate surface area is 129 Å². The molecule has 0 atom stereocenters.